The van der Waals surface area contributed by atoms with Crippen molar-refractivity contribution in [3.63, 3.8) is 0 Å². The van der Waals surface area contributed by atoms with Crippen LogP contribution in [0.25, 0.3) is 0 Å². The number of hydrogen-bond acceptors (Lipinski definition) is 3. The molecule has 0 radical (unpaired) electrons. The lowest BCUT2D eigenvalue weighted by Crippen LogP contribution is -2.32. The Labute approximate surface area is 110 Å². The third kappa shape index (κ3) is 4.31. The van der Waals surface area contributed by atoms with E-state index in [0.717, 1.165) is 25.3 Å². The molecule has 0 aliphatic rings. The number of hydrogen-bond donors (Lipinski definition) is 2. The molecule has 3 nitrogen and oxygen atoms in total. The molecule has 0 atom stereocenters. The molecule has 3 heteroatoms. The number of nitrogens with one attached hydrogen (secondary N) is 1. The van der Waals surface area contributed by atoms with Gasteiger partial charge in [0.05, 0.1) is 7.11 Å². The molecule has 0 aliphatic carbocycles. The third-order valence-corrected chi connectivity index (χ3v) is 3.10. The second-order valence-electron chi connectivity index (χ2n) is 5.43. The molecule has 0 saturated heterocycles. The maximum absolute atomic E-state index is 9.21. The summed E-state index contributed by atoms with van der Waals surface area (Å²) in [6.07, 6.45) is 1.03. The summed E-state index contributed by atoms with van der Waals surface area (Å²) in [5, 5.41) is 12.6. The predicted octanol–water partition coefficient (Wildman–Crippen LogP) is 2.37. The maximum atomic E-state index is 9.21. The highest BCUT2D eigenvalue weighted by atomic mass is 16.5. The second-order valence-corrected chi connectivity index (χ2v) is 5.43. The number of aliphatic hydroxyl groups excluding tert-OH is 1. The van der Waals surface area contributed by atoms with Gasteiger partial charge in [0.25, 0.3) is 0 Å². The van der Waals surface area contributed by atoms with E-state index in [-0.39, 0.29) is 12.0 Å². The SMILES string of the molecule is CCc1ccc(OC)c(CNCC(C)(C)CO)c1. The van der Waals surface area contributed by atoms with Crippen molar-refractivity contribution in [1.29, 1.82) is 0 Å². The van der Waals surface area contributed by atoms with Gasteiger partial charge in [0.15, 0.2) is 0 Å². The highest BCUT2D eigenvalue weighted by molar-refractivity contribution is 5.37. The molecule has 1 aromatic carbocycles. The fraction of sp³-hybridized carbons (Fsp3) is 0.600. The Bertz CT molecular complexity index is 375. The minimum atomic E-state index is -0.0877. The molecule has 0 aromatic heterocycles. The average molecular weight is 251 g/mol. The summed E-state index contributed by atoms with van der Waals surface area (Å²) in [6, 6.07) is 6.30. The van der Waals surface area contributed by atoms with E-state index in [4.69, 9.17) is 4.74 Å². The van der Waals surface area contributed by atoms with Crippen LogP contribution in [0.2, 0.25) is 0 Å². The third-order valence-electron chi connectivity index (χ3n) is 3.10. The van der Waals surface area contributed by atoms with Gasteiger partial charge >= 0.3 is 0 Å². The van der Waals surface area contributed by atoms with Crippen molar-refractivity contribution in [1.82, 2.24) is 5.32 Å². The smallest absolute Gasteiger partial charge is 0.123 e. The van der Waals surface area contributed by atoms with Crippen LogP contribution in [0, 0.1) is 5.41 Å². The van der Waals surface area contributed by atoms with Gasteiger partial charge in [0, 0.05) is 30.7 Å². The molecule has 102 valence electrons. The molecule has 0 saturated carbocycles. The van der Waals surface area contributed by atoms with E-state index in [9.17, 15) is 5.11 Å². The highest BCUT2D eigenvalue weighted by Gasteiger charge is 2.15. The molecule has 1 aromatic rings. The summed E-state index contributed by atoms with van der Waals surface area (Å²) < 4.78 is 5.36. The van der Waals surface area contributed by atoms with Gasteiger partial charge in [0.2, 0.25) is 0 Å². The van der Waals surface area contributed by atoms with Crippen LogP contribution in [-0.4, -0.2) is 25.4 Å². The molecule has 0 fully saturated rings. The first kappa shape index (κ1) is 15.0. The maximum Gasteiger partial charge on any atom is 0.123 e. The Kier molecular flexibility index (Phi) is 5.63. The van der Waals surface area contributed by atoms with E-state index in [0.29, 0.717) is 0 Å². The van der Waals surface area contributed by atoms with Gasteiger partial charge in [-0.1, -0.05) is 32.9 Å². The van der Waals surface area contributed by atoms with Crippen molar-refractivity contribution in [3.05, 3.63) is 29.3 Å². The van der Waals surface area contributed by atoms with Gasteiger partial charge in [-0.3, -0.25) is 0 Å². The Morgan fingerprint density at radius 1 is 1.33 bits per heavy atom. The van der Waals surface area contributed by atoms with Gasteiger partial charge < -0.3 is 15.2 Å². The predicted molar refractivity (Wildman–Crippen MR) is 74.9 cm³/mol. The van der Waals surface area contributed by atoms with Crippen molar-refractivity contribution in [2.45, 2.75) is 33.7 Å². The normalized spacial score (nSPS) is 11.6. The van der Waals surface area contributed by atoms with Crippen LogP contribution in [0.15, 0.2) is 18.2 Å². The van der Waals surface area contributed by atoms with E-state index >= 15 is 0 Å². The van der Waals surface area contributed by atoms with Crippen LogP contribution < -0.4 is 10.1 Å². The van der Waals surface area contributed by atoms with E-state index in [2.05, 4.69) is 24.4 Å². The van der Waals surface area contributed by atoms with Crippen molar-refractivity contribution in [2.75, 3.05) is 20.3 Å². The first-order valence-electron chi connectivity index (χ1n) is 6.50. The lowest BCUT2D eigenvalue weighted by atomic mass is 9.95. The molecule has 1 rings (SSSR count). The highest BCUT2D eigenvalue weighted by Crippen LogP contribution is 2.20. The zero-order valence-electron chi connectivity index (χ0n) is 11.9. The Morgan fingerprint density at radius 2 is 2.06 bits per heavy atom. The van der Waals surface area contributed by atoms with E-state index in [1.165, 1.54) is 11.1 Å². The summed E-state index contributed by atoms with van der Waals surface area (Å²) in [5.74, 6) is 0.918. The van der Waals surface area contributed by atoms with Crippen molar-refractivity contribution in [3.8, 4) is 5.75 Å². The van der Waals surface area contributed by atoms with Gasteiger partial charge in [0.1, 0.15) is 5.75 Å². The average Bonchev–Trinajstić information content (AvgIpc) is 2.38. The molecule has 0 heterocycles. The zero-order chi connectivity index (χ0) is 13.6. The standard InChI is InChI=1S/C15H25NO2/c1-5-12-6-7-14(18-4)13(8-12)9-16-10-15(2,3)11-17/h6-8,16-17H,5,9-11H2,1-4H3. The lowest BCUT2D eigenvalue weighted by molar-refractivity contribution is 0.156. The molecule has 0 bridgehead atoms. The number of aliphatic hydroxyl groups is 1. The summed E-state index contributed by atoms with van der Waals surface area (Å²) in [5.41, 5.74) is 2.40. The molecule has 0 unspecified atom stereocenters. The minimum Gasteiger partial charge on any atom is -0.496 e. The van der Waals surface area contributed by atoms with Gasteiger partial charge in [-0.15, -0.1) is 0 Å². The number of methoxy groups -OCH3 is 1. The molecular weight excluding hydrogens is 226 g/mol. The molecule has 2 N–H and O–H groups in total. The van der Waals surface area contributed by atoms with Crippen LogP contribution in [0.1, 0.15) is 31.9 Å². The van der Waals surface area contributed by atoms with Crippen LogP contribution in [0.3, 0.4) is 0 Å². The first-order valence-corrected chi connectivity index (χ1v) is 6.50. The van der Waals surface area contributed by atoms with Crippen LogP contribution in [-0.2, 0) is 13.0 Å². The second kappa shape index (κ2) is 6.76. The zero-order valence-corrected chi connectivity index (χ0v) is 11.9. The van der Waals surface area contributed by atoms with Crippen LogP contribution >= 0.6 is 0 Å². The van der Waals surface area contributed by atoms with Gasteiger partial charge in [-0.25, -0.2) is 0 Å². The lowest BCUT2D eigenvalue weighted by Gasteiger charge is -2.22. The molecule has 18 heavy (non-hydrogen) atoms. The van der Waals surface area contributed by atoms with Gasteiger partial charge in [-0.05, 0) is 18.1 Å². The monoisotopic (exact) mass is 251 g/mol. The molecule has 0 aliphatic heterocycles. The fourth-order valence-electron chi connectivity index (χ4n) is 1.78. The Hall–Kier alpha value is -1.06. The largest absolute Gasteiger partial charge is 0.496 e. The van der Waals surface area contributed by atoms with Crippen molar-refractivity contribution < 1.29 is 9.84 Å². The number of rotatable bonds is 7. The Morgan fingerprint density at radius 3 is 2.61 bits per heavy atom. The summed E-state index contributed by atoms with van der Waals surface area (Å²) in [6.45, 7) is 7.96. The molecule has 0 amide bonds. The minimum absolute atomic E-state index is 0.0877. The molecule has 0 spiro atoms. The van der Waals surface area contributed by atoms with Crippen molar-refractivity contribution >= 4 is 0 Å². The number of aryl methyl sites for hydroxylation is 1. The van der Waals surface area contributed by atoms with Gasteiger partial charge in [-0.2, -0.15) is 0 Å². The van der Waals surface area contributed by atoms with Crippen LogP contribution in [0.5, 0.6) is 5.75 Å². The first-order chi connectivity index (χ1) is 8.52. The molecular formula is C15H25NO2. The van der Waals surface area contributed by atoms with E-state index in [1.54, 1.807) is 7.11 Å². The topological polar surface area (TPSA) is 41.5 Å². The summed E-state index contributed by atoms with van der Waals surface area (Å²) >= 11 is 0. The fourth-order valence-corrected chi connectivity index (χ4v) is 1.78. The number of benzene rings is 1. The summed E-state index contributed by atoms with van der Waals surface area (Å²) in [7, 11) is 1.70. The van der Waals surface area contributed by atoms with E-state index in [1.807, 2.05) is 19.9 Å². The van der Waals surface area contributed by atoms with Crippen molar-refractivity contribution in [2.24, 2.45) is 5.41 Å². The van der Waals surface area contributed by atoms with E-state index < -0.39 is 0 Å². The van der Waals surface area contributed by atoms with Crippen LogP contribution in [0.4, 0.5) is 0 Å². The summed E-state index contributed by atoms with van der Waals surface area (Å²) in [4.78, 5) is 0. The number of ether oxygens (including phenoxy) is 1. The Balaban J connectivity index is 2.65. The quantitative estimate of drug-likeness (QED) is 0.781.